The average molecular weight is 433 g/mol. The molecule has 28 heavy (non-hydrogen) atoms. The predicted molar refractivity (Wildman–Crippen MR) is 113 cm³/mol. The van der Waals surface area contributed by atoms with Crippen molar-refractivity contribution in [3.63, 3.8) is 0 Å². The Balaban J connectivity index is 1.90. The SMILES string of the molecule is Cc1nn(-c2ccccc2)c2nc3c(c(-c4ccc(Br)cc4)c12)C(=O)NCC3. The molecule has 2 aromatic heterocycles. The first-order chi connectivity index (χ1) is 13.6. The maximum atomic E-state index is 12.8. The lowest BCUT2D eigenvalue weighted by Gasteiger charge is -2.20. The highest BCUT2D eigenvalue weighted by molar-refractivity contribution is 9.10. The second-order valence-corrected chi connectivity index (χ2v) is 7.77. The molecule has 4 aromatic rings. The Hall–Kier alpha value is -2.99. The molecule has 2 aromatic carbocycles. The smallest absolute Gasteiger partial charge is 0.253 e. The van der Waals surface area contributed by atoms with Crippen molar-refractivity contribution in [3.05, 3.63) is 76.0 Å². The minimum atomic E-state index is -0.0690. The number of halogens is 1. The number of amides is 1. The summed E-state index contributed by atoms with van der Waals surface area (Å²) in [5.41, 5.74) is 5.97. The number of nitrogens with zero attached hydrogens (tertiary/aromatic N) is 3. The lowest BCUT2D eigenvalue weighted by molar-refractivity contribution is 0.0946. The van der Waals surface area contributed by atoms with Crippen LogP contribution in [-0.4, -0.2) is 27.2 Å². The molecule has 1 amide bonds. The number of pyridine rings is 1. The fourth-order valence-corrected chi connectivity index (χ4v) is 4.09. The van der Waals surface area contributed by atoms with Gasteiger partial charge in [-0.05, 0) is 36.8 Å². The van der Waals surface area contributed by atoms with Crippen LogP contribution in [-0.2, 0) is 6.42 Å². The van der Waals surface area contributed by atoms with Crippen LogP contribution in [0.1, 0.15) is 21.7 Å². The van der Waals surface area contributed by atoms with E-state index in [9.17, 15) is 4.79 Å². The maximum absolute atomic E-state index is 12.8. The number of rotatable bonds is 2. The van der Waals surface area contributed by atoms with Gasteiger partial charge >= 0.3 is 0 Å². The molecule has 1 aliphatic rings. The zero-order chi connectivity index (χ0) is 19.3. The first-order valence-electron chi connectivity index (χ1n) is 9.15. The molecule has 5 nitrogen and oxygen atoms in total. The Morgan fingerprint density at radius 1 is 1.04 bits per heavy atom. The van der Waals surface area contributed by atoms with E-state index in [2.05, 4.69) is 21.2 Å². The summed E-state index contributed by atoms with van der Waals surface area (Å²) in [6.45, 7) is 2.57. The minimum Gasteiger partial charge on any atom is -0.352 e. The van der Waals surface area contributed by atoms with Crippen molar-refractivity contribution in [2.75, 3.05) is 6.54 Å². The molecule has 3 heterocycles. The van der Waals surface area contributed by atoms with Gasteiger partial charge in [-0.3, -0.25) is 4.79 Å². The summed E-state index contributed by atoms with van der Waals surface area (Å²) in [7, 11) is 0. The molecule has 0 atom stereocenters. The molecular weight excluding hydrogens is 416 g/mol. The number of para-hydroxylation sites is 1. The number of carbonyl (C=O) groups excluding carboxylic acids is 1. The molecule has 1 N–H and O–H groups in total. The lowest BCUT2D eigenvalue weighted by Crippen LogP contribution is -2.33. The van der Waals surface area contributed by atoms with Crippen LogP contribution in [0.15, 0.2) is 59.1 Å². The van der Waals surface area contributed by atoms with E-state index in [0.29, 0.717) is 18.5 Å². The number of carbonyl (C=O) groups is 1. The second kappa shape index (κ2) is 6.56. The van der Waals surface area contributed by atoms with Gasteiger partial charge in [-0.25, -0.2) is 9.67 Å². The van der Waals surface area contributed by atoms with Crippen LogP contribution >= 0.6 is 15.9 Å². The van der Waals surface area contributed by atoms with Gasteiger partial charge in [0.05, 0.1) is 28.0 Å². The standard InChI is InChI=1S/C22H17BrN4O/c1-13-18-19(14-7-9-15(23)10-8-14)20-17(11-12-24-22(20)28)25-21(18)27(26-13)16-5-3-2-4-6-16/h2-10H,11-12H2,1H3,(H,24,28). The molecule has 0 bridgehead atoms. The summed E-state index contributed by atoms with van der Waals surface area (Å²) in [6, 6.07) is 18.0. The van der Waals surface area contributed by atoms with Crippen LogP contribution in [0.25, 0.3) is 27.8 Å². The summed E-state index contributed by atoms with van der Waals surface area (Å²) in [5.74, 6) is -0.0690. The molecule has 0 radical (unpaired) electrons. The summed E-state index contributed by atoms with van der Waals surface area (Å²) >= 11 is 3.50. The molecule has 138 valence electrons. The molecular formula is C22H17BrN4O. The Morgan fingerprint density at radius 3 is 2.54 bits per heavy atom. The maximum Gasteiger partial charge on any atom is 0.253 e. The highest BCUT2D eigenvalue weighted by Gasteiger charge is 2.28. The van der Waals surface area contributed by atoms with E-state index in [1.807, 2.05) is 66.2 Å². The molecule has 0 saturated carbocycles. The van der Waals surface area contributed by atoms with Crippen molar-refractivity contribution >= 4 is 32.9 Å². The quantitative estimate of drug-likeness (QED) is 0.509. The summed E-state index contributed by atoms with van der Waals surface area (Å²) in [5, 5.41) is 8.66. The third-order valence-corrected chi connectivity index (χ3v) is 5.60. The highest BCUT2D eigenvalue weighted by Crippen LogP contribution is 2.37. The Bertz CT molecular complexity index is 1210. The number of hydrogen-bond donors (Lipinski definition) is 1. The normalized spacial score (nSPS) is 13.4. The van der Waals surface area contributed by atoms with Gasteiger partial charge in [0.15, 0.2) is 5.65 Å². The van der Waals surface area contributed by atoms with E-state index in [1.54, 1.807) is 0 Å². The zero-order valence-corrected chi connectivity index (χ0v) is 16.8. The van der Waals surface area contributed by atoms with E-state index in [0.717, 1.165) is 43.7 Å². The van der Waals surface area contributed by atoms with Gasteiger partial charge in [-0.15, -0.1) is 0 Å². The number of aromatic nitrogens is 3. The number of hydrogen-bond acceptors (Lipinski definition) is 3. The first kappa shape index (κ1) is 17.1. The van der Waals surface area contributed by atoms with E-state index in [-0.39, 0.29) is 5.91 Å². The fraction of sp³-hybridized carbons (Fsp3) is 0.136. The van der Waals surface area contributed by atoms with E-state index in [1.165, 1.54) is 0 Å². The van der Waals surface area contributed by atoms with Crippen LogP contribution in [0.3, 0.4) is 0 Å². The summed E-state index contributed by atoms with van der Waals surface area (Å²) in [6.07, 6.45) is 0.708. The third-order valence-electron chi connectivity index (χ3n) is 5.07. The highest BCUT2D eigenvalue weighted by atomic mass is 79.9. The largest absolute Gasteiger partial charge is 0.352 e. The number of nitrogens with one attached hydrogen (secondary N) is 1. The Morgan fingerprint density at radius 2 is 1.79 bits per heavy atom. The van der Waals surface area contributed by atoms with Gasteiger partial charge < -0.3 is 5.32 Å². The van der Waals surface area contributed by atoms with Crippen molar-refractivity contribution in [1.82, 2.24) is 20.1 Å². The zero-order valence-electron chi connectivity index (χ0n) is 15.2. The van der Waals surface area contributed by atoms with Gasteiger partial charge in [0.25, 0.3) is 5.91 Å². The monoisotopic (exact) mass is 432 g/mol. The first-order valence-corrected chi connectivity index (χ1v) is 9.94. The number of benzene rings is 2. The molecule has 0 unspecified atom stereocenters. The van der Waals surface area contributed by atoms with Crippen LogP contribution in [0.4, 0.5) is 0 Å². The molecule has 1 aliphatic heterocycles. The van der Waals surface area contributed by atoms with Gasteiger partial charge in [0.1, 0.15) is 0 Å². The van der Waals surface area contributed by atoms with E-state index in [4.69, 9.17) is 10.1 Å². The predicted octanol–water partition coefficient (Wildman–Crippen LogP) is 4.44. The summed E-state index contributed by atoms with van der Waals surface area (Å²) in [4.78, 5) is 17.7. The molecule has 0 spiro atoms. The van der Waals surface area contributed by atoms with E-state index >= 15 is 0 Å². The van der Waals surface area contributed by atoms with Gasteiger partial charge in [0, 0.05) is 23.0 Å². The lowest BCUT2D eigenvalue weighted by atomic mass is 9.92. The van der Waals surface area contributed by atoms with Crippen molar-refractivity contribution < 1.29 is 4.79 Å². The van der Waals surface area contributed by atoms with Gasteiger partial charge in [-0.2, -0.15) is 5.10 Å². The van der Waals surface area contributed by atoms with Crippen molar-refractivity contribution in [2.24, 2.45) is 0 Å². The van der Waals surface area contributed by atoms with Crippen molar-refractivity contribution in [2.45, 2.75) is 13.3 Å². The fourth-order valence-electron chi connectivity index (χ4n) is 3.83. The van der Waals surface area contributed by atoms with Crippen molar-refractivity contribution in [3.8, 4) is 16.8 Å². The van der Waals surface area contributed by atoms with Crippen LogP contribution in [0.5, 0.6) is 0 Å². The Kier molecular flexibility index (Phi) is 4.02. The third kappa shape index (κ3) is 2.64. The molecule has 5 rings (SSSR count). The van der Waals surface area contributed by atoms with Crippen LogP contribution in [0.2, 0.25) is 0 Å². The minimum absolute atomic E-state index is 0.0690. The van der Waals surface area contributed by atoms with Crippen LogP contribution < -0.4 is 5.32 Å². The second-order valence-electron chi connectivity index (χ2n) is 6.85. The molecule has 0 fully saturated rings. The van der Waals surface area contributed by atoms with Gasteiger partial charge in [-0.1, -0.05) is 46.3 Å². The average Bonchev–Trinajstić information content (AvgIpc) is 3.04. The Labute approximate surface area is 170 Å². The topological polar surface area (TPSA) is 59.8 Å². The van der Waals surface area contributed by atoms with E-state index < -0.39 is 0 Å². The molecule has 0 saturated heterocycles. The van der Waals surface area contributed by atoms with Crippen molar-refractivity contribution in [1.29, 1.82) is 0 Å². The number of fused-ring (bicyclic) bond motifs is 2. The molecule has 6 heteroatoms. The molecule has 0 aliphatic carbocycles. The number of aryl methyl sites for hydroxylation is 1. The van der Waals surface area contributed by atoms with Gasteiger partial charge in [0.2, 0.25) is 0 Å². The summed E-state index contributed by atoms with van der Waals surface area (Å²) < 4.78 is 2.87. The van der Waals surface area contributed by atoms with Crippen LogP contribution in [0, 0.1) is 6.92 Å².